The average Bonchev–Trinajstić information content (AvgIpc) is 2.61. The minimum atomic E-state index is -3.53. The Kier molecular flexibility index (Phi) is 7.05. The second-order valence-corrected chi connectivity index (χ2v) is 11.2. The van der Waals surface area contributed by atoms with Gasteiger partial charge < -0.3 is 4.90 Å². The van der Waals surface area contributed by atoms with Crippen LogP contribution in [0.3, 0.4) is 0 Å². The molecule has 0 aromatic heterocycles. The molecule has 2 aliphatic rings. The highest BCUT2D eigenvalue weighted by Crippen LogP contribution is 2.25. The summed E-state index contributed by atoms with van der Waals surface area (Å²) in [5.74, 6) is -0.310. The molecule has 1 saturated carbocycles. The van der Waals surface area contributed by atoms with Crippen molar-refractivity contribution in [2.75, 3.05) is 53.1 Å². The van der Waals surface area contributed by atoms with Gasteiger partial charge in [-0.3, -0.25) is 4.79 Å². The van der Waals surface area contributed by atoms with E-state index in [1.807, 2.05) is 0 Å². The summed E-state index contributed by atoms with van der Waals surface area (Å²) in [6.07, 6.45) is 6.11. The number of hydrogen-bond donors (Lipinski definition) is 0. The van der Waals surface area contributed by atoms with Gasteiger partial charge in [-0.15, -0.1) is 0 Å². The van der Waals surface area contributed by atoms with E-state index in [0.29, 0.717) is 0 Å². The van der Waals surface area contributed by atoms with Gasteiger partial charge in [-0.1, -0.05) is 19.3 Å². The van der Waals surface area contributed by atoms with E-state index < -0.39 is 20.2 Å². The van der Waals surface area contributed by atoms with Crippen LogP contribution in [0.1, 0.15) is 32.1 Å². The van der Waals surface area contributed by atoms with Crippen molar-refractivity contribution in [3.8, 4) is 0 Å². The summed E-state index contributed by atoms with van der Waals surface area (Å²) in [4.78, 5) is 13.8. The van der Waals surface area contributed by atoms with E-state index in [9.17, 15) is 21.6 Å². The second kappa shape index (κ2) is 8.51. The molecule has 2 rings (SSSR count). The molecular formula is C15H30N4O5S2. The van der Waals surface area contributed by atoms with Crippen molar-refractivity contribution in [3.63, 3.8) is 0 Å². The van der Waals surface area contributed by atoms with Gasteiger partial charge in [0.2, 0.25) is 15.9 Å². The first-order chi connectivity index (χ1) is 12.0. The Balaban J connectivity index is 1.91. The summed E-state index contributed by atoms with van der Waals surface area (Å²) < 4.78 is 52.4. The SMILES string of the molecule is CN(CC(=O)N1CCN(S(=O)(=O)N(C)C2CCCCC2)CC1)S(C)(=O)=O. The Morgan fingerprint density at radius 1 is 0.962 bits per heavy atom. The molecule has 152 valence electrons. The van der Waals surface area contributed by atoms with E-state index in [4.69, 9.17) is 0 Å². The lowest BCUT2D eigenvalue weighted by atomic mass is 9.96. The van der Waals surface area contributed by atoms with Crippen LogP contribution in [0, 0.1) is 0 Å². The number of rotatable bonds is 6. The molecule has 1 aliphatic carbocycles. The summed E-state index contributed by atoms with van der Waals surface area (Å²) >= 11 is 0. The second-order valence-electron chi connectivity index (χ2n) is 7.11. The van der Waals surface area contributed by atoms with Gasteiger partial charge >= 0.3 is 0 Å². The Labute approximate surface area is 157 Å². The van der Waals surface area contributed by atoms with Gasteiger partial charge in [0.05, 0.1) is 12.8 Å². The molecule has 0 radical (unpaired) electrons. The van der Waals surface area contributed by atoms with Gasteiger partial charge in [0, 0.05) is 46.3 Å². The molecule has 11 heteroatoms. The number of carbonyl (C=O) groups excluding carboxylic acids is 1. The number of nitrogens with zero attached hydrogens (tertiary/aromatic N) is 4. The zero-order valence-corrected chi connectivity index (χ0v) is 17.4. The summed E-state index contributed by atoms with van der Waals surface area (Å²) in [5, 5.41) is 0. The first kappa shape index (κ1) is 21.5. The molecule has 0 atom stereocenters. The van der Waals surface area contributed by atoms with Crippen molar-refractivity contribution in [2.45, 2.75) is 38.1 Å². The maximum atomic E-state index is 12.8. The van der Waals surface area contributed by atoms with Crippen molar-refractivity contribution < 1.29 is 21.6 Å². The highest BCUT2D eigenvalue weighted by Gasteiger charge is 2.35. The summed E-state index contributed by atoms with van der Waals surface area (Å²) in [7, 11) is -3.96. The molecule has 1 heterocycles. The molecule has 0 aromatic carbocycles. The number of sulfonamides is 1. The Morgan fingerprint density at radius 2 is 1.50 bits per heavy atom. The lowest BCUT2D eigenvalue weighted by Gasteiger charge is -2.38. The standard InChI is InChI=1S/C15H30N4O5S2/c1-16(25(3,21)22)13-15(20)18-9-11-19(12-10-18)26(23,24)17(2)14-7-5-4-6-8-14/h14H,4-13H2,1-3H3. The Hall–Kier alpha value is -0.750. The molecule has 1 aliphatic heterocycles. The molecule has 0 bridgehead atoms. The fourth-order valence-corrected chi connectivity index (χ4v) is 5.31. The lowest BCUT2D eigenvalue weighted by molar-refractivity contribution is -0.132. The fourth-order valence-electron chi connectivity index (χ4n) is 3.39. The van der Waals surface area contributed by atoms with Crippen LogP contribution < -0.4 is 0 Å². The highest BCUT2D eigenvalue weighted by atomic mass is 32.2. The Bertz CT molecular complexity index is 696. The van der Waals surface area contributed by atoms with Gasteiger partial charge in [0.1, 0.15) is 0 Å². The first-order valence-corrected chi connectivity index (χ1v) is 12.2. The van der Waals surface area contributed by atoms with Crippen LogP contribution in [0.2, 0.25) is 0 Å². The molecule has 1 saturated heterocycles. The van der Waals surface area contributed by atoms with Crippen LogP contribution in [-0.4, -0.2) is 99.7 Å². The number of carbonyl (C=O) groups is 1. The molecule has 0 spiro atoms. The average molecular weight is 411 g/mol. The van der Waals surface area contributed by atoms with Gasteiger partial charge in [-0.25, -0.2) is 8.42 Å². The largest absolute Gasteiger partial charge is 0.339 e. The van der Waals surface area contributed by atoms with Gasteiger partial charge in [0.15, 0.2) is 0 Å². The third kappa shape index (κ3) is 5.16. The topological polar surface area (TPSA) is 98.3 Å². The smallest absolute Gasteiger partial charge is 0.282 e. The maximum Gasteiger partial charge on any atom is 0.282 e. The third-order valence-electron chi connectivity index (χ3n) is 5.29. The molecule has 2 fully saturated rings. The number of piperazine rings is 1. The lowest BCUT2D eigenvalue weighted by Crippen LogP contribution is -2.56. The third-order valence-corrected chi connectivity index (χ3v) is 8.60. The first-order valence-electron chi connectivity index (χ1n) is 8.95. The highest BCUT2D eigenvalue weighted by molar-refractivity contribution is 7.88. The molecule has 26 heavy (non-hydrogen) atoms. The van der Waals surface area contributed by atoms with Gasteiger partial charge in [-0.05, 0) is 12.8 Å². The molecular weight excluding hydrogens is 380 g/mol. The van der Waals surface area contributed by atoms with Crippen LogP contribution in [0.4, 0.5) is 0 Å². The van der Waals surface area contributed by atoms with E-state index in [2.05, 4.69) is 0 Å². The van der Waals surface area contributed by atoms with Crippen LogP contribution in [-0.2, 0) is 25.0 Å². The minimum absolute atomic E-state index is 0.0526. The van der Waals surface area contributed by atoms with E-state index >= 15 is 0 Å². The van der Waals surface area contributed by atoms with Crippen LogP contribution >= 0.6 is 0 Å². The van der Waals surface area contributed by atoms with Crippen molar-refractivity contribution >= 4 is 26.1 Å². The van der Waals surface area contributed by atoms with Crippen molar-refractivity contribution in [2.24, 2.45) is 0 Å². The number of likely N-dealkylation sites (N-methyl/N-ethyl adjacent to an activating group) is 1. The van der Waals surface area contributed by atoms with Crippen molar-refractivity contribution in [3.05, 3.63) is 0 Å². The van der Waals surface area contributed by atoms with E-state index in [1.165, 1.54) is 20.6 Å². The number of amides is 1. The number of hydrogen-bond acceptors (Lipinski definition) is 5. The zero-order valence-electron chi connectivity index (χ0n) is 15.8. The molecule has 1 amide bonds. The summed E-state index contributed by atoms with van der Waals surface area (Å²) in [6.45, 7) is 0.775. The molecule has 0 N–H and O–H groups in total. The van der Waals surface area contributed by atoms with Crippen LogP contribution in [0.5, 0.6) is 0 Å². The maximum absolute atomic E-state index is 12.8. The predicted octanol–water partition coefficient (Wildman–Crippen LogP) is -0.469. The van der Waals surface area contributed by atoms with E-state index in [0.717, 1.165) is 42.7 Å². The quantitative estimate of drug-likeness (QED) is 0.590. The van der Waals surface area contributed by atoms with Gasteiger partial charge in [-0.2, -0.15) is 21.3 Å². The monoisotopic (exact) mass is 410 g/mol. The normalized spacial score (nSPS) is 21.5. The van der Waals surface area contributed by atoms with E-state index in [1.54, 1.807) is 7.05 Å². The zero-order chi connectivity index (χ0) is 19.5. The molecule has 0 aromatic rings. The fraction of sp³-hybridized carbons (Fsp3) is 0.933. The minimum Gasteiger partial charge on any atom is -0.339 e. The van der Waals surface area contributed by atoms with Crippen LogP contribution in [0.15, 0.2) is 0 Å². The van der Waals surface area contributed by atoms with Crippen LogP contribution in [0.25, 0.3) is 0 Å². The molecule has 9 nitrogen and oxygen atoms in total. The predicted molar refractivity (Wildman–Crippen MR) is 99.2 cm³/mol. The van der Waals surface area contributed by atoms with Crippen molar-refractivity contribution in [1.29, 1.82) is 0 Å². The molecule has 0 unspecified atom stereocenters. The van der Waals surface area contributed by atoms with Gasteiger partial charge in [0.25, 0.3) is 10.2 Å². The summed E-state index contributed by atoms with van der Waals surface area (Å²) in [6, 6.07) is 0.0526. The Morgan fingerprint density at radius 3 is 2.00 bits per heavy atom. The van der Waals surface area contributed by atoms with E-state index in [-0.39, 0.29) is 44.7 Å². The van der Waals surface area contributed by atoms with Crippen molar-refractivity contribution in [1.82, 2.24) is 17.8 Å². The summed E-state index contributed by atoms with van der Waals surface area (Å²) in [5.41, 5.74) is 0.